The van der Waals surface area contributed by atoms with Crippen LogP contribution in [0.4, 0.5) is 5.69 Å². The number of hydrogen-bond acceptors (Lipinski definition) is 5. The van der Waals surface area contributed by atoms with Crippen LogP contribution in [0.15, 0.2) is 53.7 Å². The number of aryl methyl sites for hydroxylation is 1. The molecule has 142 valence electrons. The van der Waals surface area contributed by atoms with Crippen molar-refractivity contribution in [3.63, 3.8) is 0 Å². The van der Waals surface area contributed by atoms with Crippen molar-refractivity contribution in [3.8, 4) is 5.75 Å². The summed E-state index contributed by atoms with van der Waals surface area (Å²) in [4.78, 5) is 21.6. The van der Waals surface area contributed by atoms with E-state index in [1.165, 1.54) is 11.3 Å². The maximum absolute atomic E-state index is 12.3. The average molecular weight is 367 g/mol. The molecule has 1 fully saturated rings. The van der Waals surface area contributed by atoms with Gasteiger partial charge in [0.2, 0.25) is 0 Å². The third-order valence-electron chi connectivity index (χ3n) is 4.67. The normalized spacial score (nSPS) is 14.4. The Hall–Kier alpha value is -3.02. The number of oxime groups is 1. The molecule has 0 saturated carbocycles. The van der Waals surface area contributed by atoms with E-state index >= 15 is 0 Å². The summed E-state index contributed by atoms with van der Waals surface area (Å²) in [6.07, 6.45) is 1.59. The minimum Gasteiger partial charge on any atom is -0.497 e. The Morgan fingerprint density at radius 2 is 1.78 bits per heavy atom. The molecule has 1 saturated heterocycles. The first-order valence-corrected chi connectivity index (χ1v) is 9.05. The van der Waals surface area contributed by atoms with E-state index in [0.29, 0.717) is 13.1 Å². The predicted molar refractivity (Wildman–Crippen MR) is 107 cm³/mol. The first kappa shape index (κ1) is 18.8. The van der Waals surface area contributed by atoms with Crippen molar-refractivity contribution >= 4 is 17.8 Å². The fraction of sp³-hybridized carbons (Fsp3) is 0.333. The molecule has 0 spiro atoms. The van der Waals surface area contributed by atoms with Gasteiger partial charge >= 0.3 is 0 Å². The molecule has 2 aromatic rings. The fourth-order valence-corrected chi connectivity index (χ4v) is 3.09. The summed E-state index contributed by atoms with van der Waals surface area (Å²) in [7, 11) is 1.62. The molecule has 0 N–H and O–H groups in total. The molecule has 0 atom stereocenters. The van der Waals surface area contributed by atoms with Crippen molar-refractivity contribution < 1.29 is 14.4 Å². The number of carbonyl (C=O) groups is 1. The summed E-state index contributed by atoms with van der Waals surface area (Å²) in [6, 6.07) is 15.8. The van der Waals surface area contributed by atoms with Gasteiger partial charge in [-0.25, -0.2) is 0 Å². The zero-order valence-corrected chi connectivity index (χ0v) is 15.8. The zero-order valence-electron chi connectivity index (χ0n) is 15.8. The molecule has 1 heterocycles. The van der Waals surface area contributed by atoms with Gasteiger partial charge in [0.1, 0.15) is 5.75 Å². The van der Waals surface area contributed by atoms with Crippen LogP contribution in [0.1, 0.15) is 11.1 Å². The lowest BCUT2D eigenvalue weighted by atomic mass is 10.1. The number of hydrogen-bond donors (Lipinski definition) is 0. The molecule has 2 aromatic carbocycles. The SMILES string of the molecule is COc1ccc(/C=N\OCC(=O)N2CCN(c3ccccc3C)CC2)cc1. The predicted octanol–water partition coefficient (Wildman–Crippen LogP) is 2.70. The van der Waals surface area contributed by atoms with E-state index in [2.05, 4.69) is 35.2 Å². The van der Waals surface area contributed by atoms with Crippen LogP contribution < -0.4 is 9.64 Å². The molecule has 0 radical (unpaired) electrons. The van der Waals surface area contributed by atoms with Crippen LogP contribution in [0.2, 0.25) is 0 Å². The second kappa shape index (κ2) is 9.07. The van der Waals surface area contributed by atoms with Crippen LogP contribution in [-0.4, -0.2) is 56.9 Å². The smallest absolute Gasteiger partial charge is 0.263 e. The van der Waals surface area contributed by atoms with Gasteiger partial charge < -0.3 is 19.4 Å². The van der Waals surface area contributed by atoms with Crippen LogP contribution in [0.25, 0.3) is 0 Å². The molecule has 1 aliphatic heterocycles. The van der Waals surface area contributed by atoms with Crippen molar-refractivity contribution in [1.29, 1.82) is 0 Å². The average Bonchev–Trinajstić information content (AvgIpc) is 2.72. The molecular formula is C21H25N3O3. The molecule has 1 aliphatic rings. The highest BCUT2D eigenvalue weighted by molar-refractivity contribution is 5.80. The molecule has 6 heteroatoms. The van der Waals surface area contributed by atoms with Crippen LogP contribution in [0.3, 0.4) is 0 Å². The molecule has 27 heavy (non-hydrogen) atoms. The Kier molecular flexibility index (Phi) is 6.30. The van der Waals surface area contributed by atoms with Gasteiger partial charge in [-0.15, -0.1) is 0 Å². The second-order valence-electron chi connectivity index (χ2n) is 6.44. The highest BCUT2D eigenvalue weighted by Crippen LogP contribution is 2.20. The maximum Gasteiger partial charge on any atom is 0.263 e. The zero-order chi connectivity index (χ0) is 19.1. The monoisotopic (exact) mass is 367 g/mol. The number of carbonyl (C=O) groups excluding carboxylic acids is 1. The summed E-state index contributed by atoms with van der Waals surface area (Å²) in [6.45, 7) is 5.10. The summed E-state index contributed by atoms with van der Waals surface area (Å²) < 4.78 is 5.11. The Labute approximate surface area is 160 Å². The van der Waals surface area contributed by atoms with Crippen molar-refractivity contribution in [2.75, 3.05) is 44.8 Å². The number of para-hydroxylation sites is 1. The van der Waals surface area contributed by atoms with Gasteiger partial charge in [-0.3, -0.25) is 4.79 Å². The summed E-state index contributed by atoms with van der Waals surface area (Å²) in [5.74, 6) is 0.749. The van der Waals surface area contributed by atoms with Crippen molar-refractivity contribution in [1.82, 2.24) is 4.90 Å². The third kappa shape index (κ3) is 5.00. The number of ether oxygens (including phenoxy) is 1. The van der Waals surface area contributed by atoms with Crippen LogP contribution >= 0.6 is 0 Å². The van der Waals surface area contributed by atoms with Gasteiger partial charge in [0.05, 0.1) is 13.3 Å². The standard InChI is InChI=1S/C21H25N3O3/c1-17-5-3-4-6-20(17)23-11-13-24(14-12-23)21(25)16-27-22-15-18-7-9-19(26-2)10-8-18/h3-10,15H,11-14,16H2,1-2H3/b22-15-. The van der Waals surface area contributed by atoms with E-state index in [9.17, 15) is 4.79 Å². The number of benzene rings is 2. The lowest BCUT2D eigenvalue weighted by Crippen LogP contribution is -2.49. The number of nitrogens with zero attached hydrogens (tertiary/aromatic N) is 3. The topological polar surface area (TPSA) is 54.4 Å². The first-order valence-electron chi connectivity index (χ1n) is 9.05. The summed E-state index contributed by atoms with van der Waals surface area (Å²) in [5, 5.41) is 3.88. The quantitative estimate of drug-likeness (QED) is 0.582. The van der Waals surface area contributed by atoms with E-state index in [1.54, 1.807) is 13.3 Å². The third-order valence-corrected chi connectivity index (χ3v) is 4.67. The van der Waals surface area contributed by atoms with E-state index in [4.69, 9.17) is 9.57 Å². The maximum atomic E-state index is 12.3. The second-order valence-corrected chi connectivity index (χ2v) is 6.44. The van der Waals surface area contributed by atoms with Crippen molar-refractivity contribution in [2.24, 2.45) is 5.16 Å². The number of methoxy groups -OCH3 is 1. The number of amides is 1. The van der Waals surface area contributed by atoms with Crippen LogP contribution in [0.5, 0.6) is 5.75 Å². The number of anilines is 1. The van der Waals surface area contributed by atoms with Crippen LogP contribution in [-0.2, 0) is 9.63 Å². The van der Waals surface area contributed by atoms with Crippen molar-refractivity contribution in [2.45, 2.75) is 6.92 Å². The minimum absolute atomic E-state index is 0.0358. The first-order chi connectivity index (χ1) is 13.2. The van der Waals surface area contributed by atoms with Crippen LogP contribution in [0, 0.1) is 6.92 Å². The van der Waals surface area contributed by atoms with Gasteiger partial charge in [-0.05, 0) is 48.4 Å². The highest BCUT2D eigenvalue weighted by atomic mass is 16.6. The van der Waals surface area contributed by atoms with Gasteiger partial charge in [-0.2, -0.15) is 0 Å². The molecule has 0 aliphatic carbocycles. The van der Waals surface area contributed by atoms with E-state index in [0.717, 1.165) is 24.4 Å². The molecular weight excluding hydrogens is 342 g/mol. The largest absolute Gasteiger partial charge is 0.497 e. The Bertz CT molecular complexity index is 782. The highest BCUT2D eigenvalue weighted by Gasteiger charge is 2.22. The fourth-order valence-electron chi connectivity index (χ4n) is 3.09. The van der Waals surface area contributed by atoms with Crippen molar-refractivity contribution in [3.05, 3.63) is 59.7 Å². The minimum atomic E-state index is -0.0446. The van der Waals surface area contributed by atoms with E-state index in [-0.39, 0.29) is 12.5 Å². The Balaban J connectivity index is 1.43. The Morgan fingerprint density at radius 3 is 2.44 bits per heavy atom. The van der Waals surface area contributed by atoms with Gasteiger partial charge in [-0.1, -0.05) is 23.4 Å². The van der Waals surface area contributed by atoms with E-state index in [1.807, 2.05) is 35.2 Å². The Morgan fingerprint density at radius 1 is 1.07 bits per heavy atom. The molecule has 0 bridgehead atoms. The number of piperazine rings is 1. The van der Waals surface area contributed by atoms with E-state index < -0.39 is 0 Å². The molecule has 6 nitrogen and oxygen atoms in total. The summed E-state index contributed by atoms with van der Waals surface area (Å²) in [5.41, 5.74) is 3.38. The van der Waals surface area contributed by atoms with Gasteiger partial charge in [0, 0.05) is 31.9 Å². The lowest BCUT2D eigenvalue weighted by Gasteiger charge is -2.36. The lowest BCUT2D eigenvalue weighted by molar-refractivity contribution is -0.136. The number of rotatable bonds is 6. The molecule has 3 rings (SSSR count). The van der Waals surface area contributed by atoms with Gasteiger partial charge in [0.25, 0.3) is 5.91 Å². The molecule has 0 unspecified atom stereocenters. The molecule has 0 aromatic heterocycles. The van der Waals surface area contributed by atoms with Gasteiger partial charge in [0.15, 0.2) is 6.61 Å². The molecule has 1 amide bonds. The summed E-state index contributed by atoms with van der Waals surface area (Å²) >= 11 is 0.